The van der Waals surface area contributed by atoms with Gasteiger partial charge in [0.05, 0.1) is 10.6 Å². The monoisotopic (exact) mass is 339 g/mol. The Kier molecular flexibility index (Phi) is 4.17. The van der Waals surface area contributed by atoms with Gasteiger partial charge in [-0.15, -0.1) is 0 Å². The first-order valence-corrected chi connectivity index (χ1v) is 6.71. The topological polar surface area (TPSA) is 54.9 Å². The molecule has 1 amide bonds. The summed E-state index contributed by atoms with van der Waals surface area (Å²) in [6.07, 6.45) is 0. The molecule has 4 nitrogen and oxygen atoms in total. The maximum absolute atomic E-state index is 12.1. The second-order valence-electron chi connectivity index (χ2n) is 4.05. The summed E-state index contributed by atoms with van der Waals surface area (Å²) in [5.74, 6) is -0.0603. The molecule has 1 aromatic carbocycles. The van der Waals surface area contributed by atoms with Crippen molar-refractivity contribution >= 4 is 39.4 Å². The van der Waals surface area contributed by atoms with Gasteiger partial charge in [0.1, 0.15) is 0 Å². The van der Waals surface area contributed by atoms with Gasteiger partial charge in [-0.1, -0.05) is 27.5 Å². The number of anilines is 1. The molecule has 0 aliphatic heterocycles. The van der Waals surface area contributed by atoms with Crippen molar-refractivity contribution in [1.82, 2.24) is 9.97 Å². The third kappa shape index (κ3) is 3.52. The number of hydrogen-bond acceptors (Lipinski definition) is 3. The first-order chi connectivity index (χ1) is 8.95. The van der Waals surface area contributed by atoms with Gasteiger partial charge < -0.3 is 0 Å². The summed E-state index contributed by atoms with van der Waals surface area (Å²) in [5, 5.41) is 3.02. The van der Waals surface area contributed by atoms with Crippen LogP contribution in [-0.4, -0.2) is 15.9 Å². The lowest BCUT2D eigenvalue weighted by Gasteiger charge is -2.07. The standard InChI is InChI=1S/C13H11BrClN3O/c1-7-5-8(2)17-13(16-7)18-12(19)10-6-9(14)3-4-11(10)15/h3-6H,1-2H3,(H,16,17,18,19). The highest BCUT2D eigenvalue weighted by atomic mass is 79.9. The van der Waals surface area contributed by atoms with Gasteiger partial charge in [0, 0.05) is 15.9 Å². The predicted octanol–water partition coefficient (Wildman–Crippen LogP) is 3.76. The van der Waals surface area contributed by atoms with E-state index in [-0.39, 0.29) is 11.9 Å². The molecule has 0 aliphatic rings. The van der Waals surface area contributed by atoms with E-state index in [0.29, 0.717) is 10.6 Å². The summed E-state index contributed by atoms with van der Waals surface area (Å²) in [4.78, 5) is 20.4. The van der Waals surface area contributed by atoms with Crippen molar-refractivity contribution in [1.29, 1.82) is 0 Å². The third-order valence-corrected chi connectivity index (χ3v) is 3.20. The van der Waals surface area contributed by atoms with Crippen molar-refractivity contribution in [3.63, 3.8) is 0 Å². The second-order valence-corrected chi connectivity index (χ2v) is 5.38. The van der Waals surface area contributed by atoms with Gasteiger partial charge in [-0.2, -0.15) is 0 Å². The molecule has 0 saturated carbocycles. The van der Waals surface area contributed by atoms with E-state index in [0.717, 1.165) is 15.9 Å². The number of amides is 1. The van der Waals surface area contributed by atoms with Crippen LogP contribution in [0.5, 0.6) is 0 Å². The Labute approximate surface area is 124 Å². The van der Waals surface area contributed by atoms with E-state index in [1.165, 1.54) is 0 Å². The van der Waals surface area contributed by atoms with Crippen LogP contribution in [0.2, 0.25) is 5.02 Å². The van der Waals surface area contributed by atoms with Crippen LogP contribution in [0.3, 0.4) is 0 Å². The van der Waals surface area contributed by atoms with E-state index < -0.39 is 0 Å². The number of hydrogen-bond donors (Lipinski definition) is 1. The summed E-state index contributed by atoms with van der Waals surface area (Å²) in [5.41, 5.74) is 1.96. The molecule has 0 aliphatic carbocycles. The van der Waals surface area contributed by atoms with Gasteiger partial charge in [-0.3, -0.25) is 10.1 Å². The largest absolute Gasteiger partial charge is 0.290 e. The van der Waals surface area contributed by atoms with Gasteiger partial charge in [-0.05, 0) is 38.1 Å². The number of aryl methyl sites for hydroxylation is 2. The fraction of sp³-hybridized carbons (Fsp3) is 0.154. The number of nitrogens with zero attached hydrogens (tertiary/aromatic N) is 2. The number of aromatic nitrogens is 2. The molecule has 0 fully saturated rings. The van der Waals surface area contributed by atoms with Gasteiger partial charge in [0.25, 0.3) is 5.91 Å². The predicted molar refractivity (Wildman–Crippen MR) is 78.6 cm³/mol. The molecule has 2 rings (SSSR count). The van der Waals surface area contributed by atoms with Crippen molar-refractivity contribution in [3.05, 3.63) is 50.7 Å². The van der Waals surface area contributed by atoms with Gasteiger partial charge >= 0.3 is 0 Å². The molecule has 0 atom stereocenters. The third-order valence-electron chi connectivity index (χ3n) is 2.38. The molecule has 2 aromatic rings. The molecule has 1 heterocycles. The highest BCUT2D eigenvalue weighted by Crippen LogP contribution is 2.21. The van der Waals surface area contributed by atoms with Crippen molar-refractivity contribution in [2.75, 3.05) is 5.32 Å². The number of nitrogens with one attached hydrogen (secondary N) is 1. The molecule has 1 N–H and O–H groups in total. The number of benzene rings is 1. The maximum atomic E-state index is 12.1. The summed E-state index contributed by atoms with van der Waals surface area (Å²) in [6, 6.07) is 6.91. The van der Waals surface area contributed by atoms with Gasteiger partial charge in [-0.25, -0.2) is 9.97 Å². The van der Waals surface area contributed by atoms with E-state index >= 15 is 0 Å². The quantitative estimate of drug-likeness (QED) is 0.905. The lowest BCUT2D eigenvalue weighted by atomic mass is 10.2. The summed E-state index contributed by atoms with van der Waals surface area (Å²) < 4.78 is 0.781. The highest BCUT2D eigenvalue weighted by molar-refractivity contribution is 9.10. The summed E-state index contributed by atoms with van der Waals surface area (Å²) >= 11 is 9.30. The first kappa shape index (κ1) is 14.0. The van der Waals surface area contributed by atoms with E-state index in [4.69, 9.17) is 11.6 Å². The number of halogens is 2. The smallest absolute Gasteiger partial charge is 0.259 e. The fourth-order valence-electron chi connectivity index (χ4n) is 1.62. The number of rotatable bonds is 2. The minimum Gasteiger partial charge on any atom is -0.290 e. The fourth-order valence-corrected chi connectivity index (χ4v) is 2.19. The van der Waals surface area contributed by atoms with Gasteiger partial charge in [0.2, 0.25) is 5.95 Å². The van der Waals surface area contributed by atoms with E-state index in [1.54, 1.807) is 18.2 Å². The molecule has 0 bridgehead atoms. The van der Waals surface area contributed by atoms with Crippen LogP contribution >= 0.6 is 27.5 Å². The van der Waals surface area contributed by atoms with Crippen LogP contribution in [0.15, 0.2) is 28.7 Å². The van der Waals surface area contributed by atoms with Crippen molar-refractivity contribution in [3.8, 4) is 0 Å². The van der Waals surface area contributed by atoms with Crippen molar-refractivity contribution in [2.45, 2.75) is 13.8 Å². The van der Waals surface area contributed by atoms with Crippen molar-refractivity contribution in [2.24, 2.45) is 0 Å². The Morgan fingerprint density at radius 2 is 1.84 bits per heavy atom. The minimum absolute atomic E-state index is 0.276. The van der Waals surface area contributed by atoms with Gasteiger partial charge in [0.15, 0.2) is 0 Å². The van der Waals surface area contributed by atoms with Crippen molar-refractivity contribution < 1.29 is 4.79 Å². The normalized spacial score (nSPS) is 10.3. The number of carbonyl (C=O) groups excluding carboxylic acids is 1. The molecular weight excluding hydrogens is 330 g/mol. The van der Waals surface area contributed by atoms with Crippen LogP contribution in [0.4, 0.5) is 5.95 Å². The van der Waals surface area contributed by atoms with E-state index in [1.807, 2.05) is 19.9 Å². The second kappa shape index (κ2) is 5.67. The highest BCUT2D eigenvalue weighted by Gasteiger charge is 2.12. The van der Waals surface area contributed by atoms with Crippen LogP contribution in [0.1, 0.15) is 21.7 Å². The first-order valence-electron chi connectivity index (χ1n) is 5.54. The van der Waals surface area contributed by atoms with Crippen LogP contribution in [0, 0.1) is 13.8 Å². The zero-order valence-corrected chi connectivity index (χ0v) is 12.7. The minimum atomic E-state index is -0.337. The lowest BCUT2D eigenvalue weighted by molar-refractivity contribution is 0.102. The SMILES string of the molecule is Cc1cc(C)nc(NC(=O)c2cc(Br)ccc2Cl)n1. The zero-order chi connectivity index (χ0) is 14.0. The number of carbonyl (C=O) groups is 1. The molecule has 1 aromatic heterocycles. The average Bonchev–Trinajstić information content (AvgIpc) is 2.30. The summed E-state index contributed by atoms with van der Waals surface area (Å²) in [7, 11) is 0. The Morgan fingerprint density at radius 1 is 1.21 bits per heavy atom. The molecule has 98 valence electrons. The molecule has 0 spiro atoms. The Hall–Kier alpha value is -1.46. The zero-order valence-electron chi connectivity index (χ0n) is 10.4. The molecule has 6 heteroatoms. The maximum Gasteiger partial charge on any atom is 0.259 e. The Balaban J connectivity index is 2.28. The Bertz CT molecular complexity index is 626. The Morgan fingerprint density at radius 3 is 2.47 bits per heavy atom. The van der Waals surface area contributed by atoms with E-state index in [2.05, 4.69) is 31.2 Å². The van der Waals surface area contributed by atoms with Crippen LogP contribution in [0.25, 0.3) is 0 Å². The van der Waals surface area contributed by atoms with E-state index in [9.17, 15) is 4.79 Å². The summed E-state index contributed by atoms with van der Waals surface area (Å²) in [6.45, 7) is 3.69. The molecule has 19 heavy (non-hydrogen) atoms. The van der Waals surface area contributed by atoms with Crippen LogP contribution < -0.4 is 5.32 Å². The average molecular weight is 341 g/mol. The lowest BCUT2D eigenvalue weighted by Crippen LogP contribution is -2.15. The molecular formula is C13H11BrClN3O. The molecule has 0 saturated heterocycles. The van der Waals surface area contributed by atoms with Crippen LogP contribution in [-0.2, 0) is 0 Å². The molecule has 0 unspecified atom stereocenters. The molecule has 0 radical (unpaired) electrons.